The van der Waals surface area contributed by atoms with Gasteiger partial charge in [-0.25, -0.2) is 15.6 Å². The number of methoxy groups -OCH3 is 1. The van der Waals surface area contributed by atoms with Crippen LogP contribution in [0.3, 0.4) is 0 Å². The first-order valence-electron chi connectivity index (χ1n) is 14.0. The minimum absolute atomic E-state index is 0.0104. The summed E-state index contributed by atoms with van der Waals surface area (Å²) in [5.74, 6) is 0.341. The van der Waals surface area contributed by atoms with Crippen molar-refractivity contribution in [3.8, 4) is 0 Å². The molecule has 0 amide bonds. The quantitative estimate of drug-likeness (QED) is 0.441. The Balaban J connectivity index is 1.25. The summed E-state index contributed by atoms with van der Waals surface area (Å²) in [5, 5.41) is 3.22. The Labute approximate surface area is 226 Å². The lowest BCUT2D eigenvalue weighted by Gasteiger charge is -2.51. The zero-order valence-electron chi connectivity index (χ0n) is 22.6. The lowest BCUT2D eigenvalue weighted by Crippen LogP contribution is -2.54. The van der Waals surface area contributed by atoms with Gasteiger partial charge >= 0.3 is 11.9 Å². The Hall–Kier alpha value is -1.96. The Kier molecular flexibility index (Phi) is 7.08. The van der Waals surface area contributed by atoms with Crippen LogP contribution in [0.5, 0.6) is 0 Å². The fourth-order valence-corrected chi connectivity index (χ4v) is 6.83. The minimum atomic E-state index is -4.57. The molecule has 0 spiro atoms. The van der Waals surface area contributed by atoms with Gasteiger partial charge in [0.2, 0.25) is 0 Å². The molecule has 2 aliphatic heterocycles. The first kappa shape index (κ1) is 27.2. The van der Waals surface area contributed by atoms with Crippen LogP contribution in [0.2, 0.25) is 0 Å². The molecule has 12 heteroatoms. The van der Waals surface area contributed by atoms with Crippen LogP contribution in [-0.2, 0) is 22.2 Å². The topological polar surface area (TPSA) is 84.2 Å². The van der Waals surface area contributed by atoms with Crippen LogP contribution in [0.25, 0.3) is 5.52 Å². The normalized spacial score (nSPS) is 28.6. The van der Waals surface area contributed by atoms with Crippen molar-refractivity contribution in [3.63, 3.8) is 0 Å². The Morgan fingerprint density at radius 1 is 1.23 bits per heavy atom. The SMILES string of the molecule is COC1(CNCc2cc(C(F)(F)F)c3cn(C4CCCC(C5(CC6NNCN6C)COC5)C4)c(=O)n3c2)CC1. The number of alkyl halides is 3. The summed E-state index contributed by atoms with van der Waals surface area (Å²) in [6.45, 7) is 2.93. The molecule has 6 rings (SSSR count). The molecular weight excluding hydrogens is 513 g/mol. The van der Waals surface area contributed by atoms with Gasteiger partial charge in [0.1, 0.15) is 0 Å². The summed E-state index contributed by atoms with van der Waals surface area (Å²) in [4.78, 5) is 15.8. The maximum Gasteiger partial charge on any atom is 0.418 e. The summed E-state index contributed by atoms with van der Waals surface area (Å²) in [7, 11) is 3.73. The predicted molar refractivity (Wildman–Crippen MR) is 139 cm³/mol. The van der Waals surface area contributed by atoms with E-state index in [1.54, 1.807) is 17.9 Å². The molecule has 9 nitrogen and oxygen atoms in total. The van der Waals surface area contributed by atoms with Crippen molar-refractivity contribution < 1.29 is 22.6 Å². The first-order valence-corrected chi connectivity index (χ1v) is 14.0. The van der Waals surface area contributed by atoms with Crippen molar-refractivity contribution in [3.05, 3.63) is 40.1 Å². The van der Waals surface area contributed by atoms with Crippen molar-refractivity contribution in [2.75, 3.05) is 40.6 Å². The molecule has 0 bridgehead atoms. The number of nitrogens with zero attached hydrogens (tertiary/aromatic N) is 3. The van der Waals surface area contributed by atoms with Gasteiger partial charge in [-0.3, -0.25) is 13.9 Å². The lowest BCUT2D eigenvalue weighted by molar-refractivity contribution is -0.167. The molecule has 2 aliphatic carbocycles. The molecule has 3 unspecified atom stereocenters. The number of rotatable bonds is 9. The smallest absolute Gasteiger partial charge is 0.380 e. The van der Waals surface area contributed by atoms with Gasteiger partial charge in [-0.05, 0) is 63.1 Å². The van der Waals surface area contributed by atoms with Gasteiger partial charge in [-0.1, -0.05) is 6.42 Å². The van der Waals surface area contributed by atoms with Gasteiger partial charge in [-0.2, -0.15) is 13.2 Å². The highest BCUT2D eigenvalue weighted by molar-refractivity contribution is 5.56. The summed E-state index contributed by atoms with van der Waals surface area (Å²) < 4.78 is 56.4. The zero-order valence-corrected chi connectivity index (χ0v) is 22.6. The fraction of sp³-hybridized carbons (Fsp3) is 0.741. The fourth-order valence-electron chi connectivity index (χ4n) is 6.83. The van der Waals surface area contributed by atoms with E-state index < -0.39 is 17.4 Å². The second kappa shape index (κ2) is 10.1. The van der Waals surface area contributed by atoms with E-state index in [0.29, 0.717) is 31.2 Å². The van der Waals surface area contributed by atoms with Crippen molar-refractivity contribution in [1.82, 2.24) is 30.0 Å². The van der Waals surface area contributed by atoms with Crippen molar-refractivity contribution >= 4 is 5.52 Å². The summed E-state index contributed by atoms with van der Waals surface area (Å²) >= 11 is 0. The molecule has 0 radical (unpaired) electrons. The minimum Gasteiger partial charge on any atom is -0.380 e. The Morgan fingerprint density at radius 3 is 2.64 bits per heavy atom. The van der Waals surface area contributed by atoms with Gasteiger partial charge < -0.3 is 14.8 Å². The highest BCUT2D eigenvalue weighted by Gasteiger charge is 2.49. The molecule has 2 saturated heterocycles. The third-order valence-electron chi connectivity index (χ3n) is 9.58. The molecule has 2 aromatic rings. The molecule has 3 atom stereocenters. The van der Waals surface area contributed by atoms with Crippen molar-refractivity contribution in [1.29, 1.82) is 0 Å². The van der Waals surface area contributed by atoms with Gasteiger partial charge in [0.15, 0.2) is 0 Å². The highest BCUT2D eigenvalue weighted by Crippen LogP contribution is 2.49. The van der Waals surface area contributed by atoms with E-state index in [-0.39, 0.29) is 35.3 Å². The van der Waals surface area contributed by atoms with Crippen LogP contribution < -0.4 is 21.9 Å². The number of nitrogens with one attached hydrogen (secondary N) is 3. The van der Waals surface area contributed by atoms with E-state index in [1.165, 1.54) is 16.7 Å². The number of hydrazine groups is 1. The maximum atomic E-state index is 14.2. The van der Waals surface area contributed by atoms with E-state index in [9.17, 15) is 18.0 Å². The monoisotopic (exact) mass is 552 g/mol. The number of aromatic nitrogens is 2. The number of halogens is 3. The first-order chi connectivity index (χ1) is 18.6. The van der Waals surface area contributed by atoms with E-state index in [1.807, 2.05) is 0 Å². The molecule has 2 aromatic heterocycles. The molecule has 0 aromatic carbocycles. The number of ether oxygens (including phenoxy) is 2. The van der Waals surface area contributed by atoms with Crippen LogP contribution in [0.15, 0.2) is 23.3 Å². The standard InChI is InChI=1S/C27H39F3N6O3/c1-34-17-32-33-23(34)10-25(15-39-16-25)19-4-3-5-20(9-19)35-13-22-21(27(28,29)30)8-18(12-36(22)24(35)37)11-31-14-26(38-2)6-7-26/h8,12-13,19-20,23,31-33H,3-7,9-11,14-17H2,1-2H3. The van der Waals surface area contributed by atoms with Gasteiger partial charge in [-0.15, -0.1) is 0 Å². The Bertz CT molecular complexity index is 1250. The molecule has 2 saturated carbocycles. The second-order valence-electron chi connectivity index (χ2n) is 12.2. The van der Waals surface area contributed by atoms with Crippen LogP contribution >= 0.6 is 0 Å². The van der Waals surface area contributed by atoms with E-state index in [0.717, 1.165) is 51.6 Å². The molecule has 4 fully saturated rings. The number of pyridine rings is 1. The molecule has 39 heavy (non-hydrogen) atoms. The molecule has 3 N–H and O–H groups in total. The van der Waals surface area contributed by atoms with E-state index in [2.05, 4.69) is 28.1 Å². The van der Waals surface area contributed by atoms with Crippen LogP contribution in [-0.4, -0.2) is 66.2 Å². The number of hydrogen-bond donors (Lipinski definition) is 3. The average molecular weight is 553 g/mol. The third kappa shape index (κ3) is 5.15. The van der Waals surface area contributed by atoms with Gasteiger partial charge in [0.05, 0.1) is 42.7 Å². The van der Waals surface area contributed by atoms with Crippen LogP contribution in [0.1, 0.15) is 62.1 Å². The van der Waals surface area contributed by atoms with Crippen molar-refractivity contribution in [2.24, 2.45) is 11.3 Å². The Morgan fingerprint density at radius 2 is 2.03 bits per heavy atom. The molecular formula is C27H39F3N6O3. The lowest BCUT2D eigenvalue weighted by atomic mass is 9.64. The number of fused-ring (bicyclic) bond motifs is 1. The summed E-state index contributed by atoms with van der Waals surface area (Å²) in [5.41, 5.74) is 5.49. The van der Waals surface area contributed by atoms with Gasteiger partial charge in [0.25, 0.3) is 0 Å². The summed E-state index contributed by atoms with van der Waals surface area (Å²) in [6, 6.07) is 1.03. The highest BCUT2D eigenvalue weighted by atomic mass is 19.4. The molecule has 4 aliphatic rings. The van der Waals surface area contributed by atoms with E-state index >= 15 is 0 Å². The van der Waals surface area contributed by atoms with Crippen molar-refractivity contribution in [2.45, 2.75) is 75.5 Å². The van der Waals surface area contributed by atoms with E-state index in [4.69, 9.17) is 9.47 Å². The maximum absolute atomic E-state index is 14.2. The molecule has 4 heterocycles. The number of imidazole rings is 1. The number of hydrogen-bond acceptors (Lipinski definition) is 7. The second-order valence-corrected chi connectivity index (χ2v) is 12.2. The summed E-state index contributed by atoms with van der Waals surface area (Å²) in [6.07, 6.45) is 4.94. The molecule has 216 valence electrons. The average Bonchev–Trinajstić information content (AvgIpc) is 3.44. The third-order valence-corrected chi connectivity index (χ3v) is 9.58. The predicted octanol–water partition coefficient (Wildman–Crippen LogP) is 2.85. The van der Waals surface area contributed by atoms with Crippen LogP contribution in [0, 0.1) is 11.3 Å². The zero-order chi connectivity index (χ0) is 27.4. The largest absolute Gasteiger partial charge is 0.418 e. The van der Waals surface area contributed by atoms with Crippen LogP contribution in [0.4, 0.5) is 13.2 Å². The van der Waals surface area contributed by atoms with Gasteiger partial charge in [0, 0.05) is 44.0 Å².